The van der Waals surface area contributed by atoms with Gasteiger partial charge in [-0.2, -0.15) is 0 Å². The summed E-state index contributed by atoms with van der Waals surface area (Å²) in [4.78, 5) is 14.1. The zero-order valence-electron chi connectivity index (χ0n) is 12.3. The van der Waals surface area contributed by atoms with Crippen molar-refractivity contribution in [3.63, 3.8) is 0 Å². The first-order valence-electron chi connectivity index (χ1n) is 7.23. The molecule has 20 heavy (non-hydrogen) atoms. The molecule has 6 heteroatoms. The standard InChI is InChI=1S/C14H24N4O2/c1-10-9-13(17-20-10)16-14(19)7-8-18(2)12-5-3-11(15)4-6-12/h9,11-12H,3-8,15H2,1-2H3,(H,16,17,19). The molecule has 1 saturated carbocycles. The Morgan fingerprint density at radius 3 is 2.80 bits per heavy atom. The van der Waals surface area contributed by atoms with Gasteiger partial charge in [-0.3, -0.25) is 4.79 Å². The van der Waals surface area contributed by atoms with Crippen LogP contribution in [-0.4, -0.2) is 41.6 Å². The molecule has 0 unspecified atom stereocenters. The highest BCUT2D eigenvalue weighted by Crippen LogP contribution is 2.21. The quantitative estimate of drug-likeness (QED) is 0.854. The van der Waals surface area contributed by atoms with Gasteiger partial charge >= 0.3 is 0 Å². The second-order valence-electron chi connectivity index (χ2n) is 5.67. The van der Waals surface area contributed by atoms with E-state index in [9.17, 15) is 4.79 Å². The molecule has 1 heterocycles. The lowest BCUT2D eigenvalue weighted by Gasteiger charge is -2.33. The van der Waals surface area contributed by atoms with Gasteiger partial charge in [-0.25, -0.2) is 0 Å². The largest absolute Gasteiger partial charge is 0.360 e. The third-order valence-corrected chi connectivity index (χ3v) is 3.95. The fourth-order valence-electron chi connectivity index (χ4n) is 2.63. The molecule has 6 nitrogen and oxygen atoms in total. The monoisotopic (exact) mass is 280 g/mol. The minimum absolute atomic E-state index is 0.0299. The smallest absolute Gasteiger partial charge is 0.226 e. The maximum atomic E-state index is 11.8. The molecule has 0 saturated heterocycles. The summed E-state index contributed by atoms with van der Waals surface area (Å²) in [7, 11) is 2.08. The van der Waals surface area contributed by atoms with E-state index in [0.717, 1.165) is 32.2 Å². The molecule has 3 N–H and O–H groups in total. The van der Waals surface area contributed by atoms with Crippen molar-refractivity contribution < 1.29 is 9.32 Å². The van der Waals surface area contributed by atoms with Crippen LogP contribution >= 0.6 is 0 Å². The van der Waals surface area contributed by atoms with Crippen LogP contribution in [-0.2, 0) is 4.79 Å². The predicted molar refractivity (Wildman–Crippen MR) is 77.3 cm³/mol. The van der Waals surface area contributed by atoms with E-state index in [1.165, 1.54) is 0 Å². The van der Waals surface area contributed by atoms with Crippen molar-refractivity contribution in [2.24, 2.45) is 5.73 Å². The molecule has 1 amide bonds. The number of hydrogen-bond acceptors (Lipinski definition) is 5. The number of aromatic nitrogens is 1. The Bertz CT molecular complexity index is 438. The number of nitrogens with zero attached hydrogens (tertiary/aromatic N) is 2. The number of carbonyl (C=O) groups is 1. The van der Waals surface area contributed by atoms with Crippen LogP contribution in [0.4, 0.5) is 5.82 Å². The van der Waals surface area contributed by atoms with Gasteiger partial charge in [0.25, 0.3) is 0 Å². The molecule has 112 valence electrons. The van der Waals surface area contributed by atoms with Crippen LogP contribution in [0.15, 0.2) is 10.6 Å². The molecule has 2 rings (SSSR count). The number of anilines is 1. The van der Waals surface area contributed by atoms with E-state index in [0.29, 0.717) is 30.1 Å². The summed E-state index contributed by atoms with van der Waals surface area (Å²) in [5.74, 6) is 1.15. The van der Waals surface area contributed by atoms with Gasteiger partial charge in [0.2, 0.25) is 5.91 Å². The molecule has 0 aliphatic heterocycles. The lowest BCUT2D eigenvalue weighted by molar-refractivity contribution is -0.116. The molecule has 1 aliphatic rings. The van der Waals surface area contributed by atoms with Crippen molar-refractivity contribution in [2.75, 3.05) is 18.9 Å². The van der Waals surface area contributed by atoms with Crippen LogP contribution < -0.4 is 11.1 Å². The van der Waals surface area contributed by atoms with Crippen molar-refractivity contribution >= 4 is 11.7 Å². The minimum atomic E-state index is -0.0299. The van der Waals surface area contributed by atoms with Crippen molar-refractivity contribution in [3.05, 3.63) is 11.8 Å². The third kappa shape index (κ3) is 4.31. The average Bonchev–Trinajstić information content (AvgIpc) is 2.82. The molecule has 0 bridgehead atoms. The van der Waals surface area contributed by atoms with E-state index >= 15 is 0 Å². The van der Waals surface area contributed by atoms with Gasteiger partial charge in [-0.1, -0.05) is 5.16 Å². The van der Waals surface area contributed by atoms with Crippen molar-refractivity contribution in [1.29, 1.82) is 0 Å². The van der Waals surface area contributed by atoms with Gasteiger partial charge in [0.1, 0.15) is 5.76 Å². The Balaban J connectivity index is 1.70. The molecule has 1 aromatic heterocycles. The normalized spacial score (nSPS) is 23.0. The summed E-state index contributed by atoms with van der Waals surface area (Å²) < 4.78 is 4.91. The highest BCUT2D eigenvalue weighted by atomic mass is 16.5. The molecule has 0 radical (unpaired) electrons. The molecule has 1 aromatic rings. The van der Waals surface area contributed by atoms with E-state index in [2.05, 4.69) is 22.4 Å². The van der Waals surface area contributed by atoms with Gasteiger partial charge in [-0.15, -0.1) is 0 Å². The molecular weight excluding hydrogens is 256 g/mol. The van der Waals surface area contributed by atoms with Crippen LogP contribution in [0.5, 0.6) is 0 Å². The first-order valence-corrected chi connectivity index (χ1v) is 7.23. The van der Waals surface area contributed by atoms with Crippen molar-refractivity contribution in [1.82, 2.24) is 10.1 Å². The zero-order chi connectivity index (χ0) is 14.5. The molecule has 0 spiro atoms. The van der Waals surface area contributed by atoms with E-state index in [1.807, 2.05) is 0 Å². The number of nitrogens with two attached hydrogens (primary N) is 1. The van der Waals surface area contributed by atoms with Crippen LogP contribution in [0.2, 0.25) is 0 Å². The number of hydrogen-bond donors (Lipinski definition) is 2. The van der Waals surface area contributed by atoms with Crippen molar-refractivity contribution in [2.45, 2.75) is 51.1 Å². The fraction of sp³-hybridized carbons (Fsp3) is 0.714. The number of rotatable bonds is 5. The molecule has 0 aromatic carbocycles. The number of amides is 1. The minimum Gasteiger partial charge on any atom is -0.360 e. The van der Waals surface area contributed by atoms with Crippen LogP contribution in [0, 0.1) is 6.92 Å². The van der Waals surface area contributed by atoms with Gasteiger partial charge in [0.15, 0.2) is 5.82 Å². The zero-order valence-corrected chi connectivity index (χ0v) is 12.3. The van der Waals surface area contributed by atoms with E-state index in [1.54, 1.807) is 13.0 Å². The molecule has 0 atom stereocenters. The second-order valence-corrected chi connectivity index (χ2v) is 5.67. The predicted octanol–water partition coefficient (Wildman–Crippen LogP) is 1.51. The summed E-state index contributed by atoms with van der Waals surface area (Å²) in [5, 5.41) is 6.48. The van der Waals surface area contributed by atoms with Crippen LogP contribution in [0.3, 0.4) is 0 Å². The van der Waals surface area contributed by atoms with E-state index < -0.39 is 0 Å². The Morgan fingerprint density at radius 1 is 1.50 bits per heavy atom. The maximum absolute atomic E-state index is 11.8. The Labute approximate surface area is 119 Å². The molecular formula is C14H24N4O2. The summed E-state index contributed by atoms with van der Waals surface area (Å²) in [6.45, 7) is 2.55. The topological polar surface area (TPSA) is 84.4 Å². The average molecular weight is 280 g/mol. The number of nitrogens with one attached hydrogen (secondary N) is 1. The Morgan fingerprint density at radius 2 is 2.20 bits per heavy atom. The van der Waals surface area contributed by atoms with Gasteiger partial charge in [0.05, 0.1) is 0 Å². The lowest BCUT2D eigenvalue weighted by atomic mass is 9.91. The number of aryl methyl sites for hydroxylation is 1. The van der Waals surface area contributed by atoms with Crippen LogP contribution in [0.25, 0.3) is 0 Å². The first-order chi connectivity index (χ1) is 9.54. The highest BCUT2D eigenvalue weighted by Gasteiger charge is 2.22. The Kier molecular flexibility index (Phi) is 5.14. The van der Waals surface area contributed by atoms with E-state index in [4.69, 9.17) is 10.3 Å². The van der Waals surface area contributed by atoms with Gasteiger partial charge < -0.3 is 20.5 Å². The van der Waals surface area contributed by atoms with E-state index in [-0.39, 0.29) is 5.91 Å². The summed E-state index contributed by atoms with van der Waals surface area (Å²) in [6.07, 6.45) is 4.88. The van der Waals surface area contributed by atoms with Crippen LogP contribution in [0.1, 0.15) is 37.9 Å². The first kappa shape index (κ1) is 15.0. The summed E-state index contributed by atoms with van der Waals surface area (Å²) in [6, 6.07) is 2.62. The third-order valence-electron chi connectivity index (χ3n) is 3.95. The molecule has 1 aliphatic carbocycles. The molecule has 1 fully saturated rings. The Hall–Kier alpha value is -1.40. The van der Waals surface area contributed by atoms with Crippen molar-refractivity contribution in [3.8, 4) is 0 Å². The lowest BCUT2D eigenvalue weighted by Crippen LogP contribution is -2.39. The number of carbonyl (C=O) groups excluding carboxylic acids is 1. The highest BCUT2D eigenvalue weighted by molar-refractivity contribution is 5.89. The maximum Gasteiger partial charge on any atom is 0.226 e. The fourth-order valence-corrected chi connectivity index (χ4v) is 2.63. The van der Waals surface area contributed by atoms with Gasteiger partial charge in [-0.05, 0) is 39.7 Å². The SMILES string of the molecule is Cc1cc(NC(=O)CCN(C)C2CCC(N)CC2)no1. The second kappa shape index (κ2) is 6.85. The summed E-state index contributed by atoms with van der Waals surface area (Å²) in [5.41, 5.74) is 5.91. The van der Waals surface area contributed by atoms with Gasteiger partial charge in [0, 0.05) is 31.1 Å². The summed E-state index contributed by atoms with van der Waals surface area (Å²) >= 11 is 0.